The summed E-state index contributed by atoms with van der Waals surface area (Å²) in [5, 5.41) is 18.5. The van der Waals surface area contributed by atoms with E-state index in [-0.39, 0.29) is 6.29 Å². The van der Waals surface area contributed by atoms with Crippen LogP contribution in [0.5, 0.6) is 11.5 Å². The summed E-state index contributed by atoms with van der Waals surface area (Å²) in [6, 6.07) is 9.46. The van der Waals surface area contributed by atoms with Crippen molar-refractivity contribution in [1.29, 1.82) is 5.26 Å². The van der Waals surface area contributed by atoms with Gasteiger partial charge in [0.2, 0.25) is 0 Å². The number of aromatic nitrogens is 4. The Bertz CT molecular complexity index is 1060. The van der Waals surface area contributed by atoms with Gasteiger partial charge in [-0.15, -0.1) is 0 Å². The topological polar surface area (TPSA) is 87.1 Å². The van der Waals surface area contributed by atoms with Gasteiger partial charge in [-0.1, -0.05) is 13.8 Å². The van der Waals surface area contributed by atoms with Gasteiger partial charge in [0.15, 0.2) is 12.0 Å². The molecular weight excluding hydrogens is 406 g/mol. The Kier molecular flexibility index (Phi) is 7.20. The third-order valence-corrected chi connectivity index (χ3v) is 5.50. The molecular formula is C24H29N5O3. The molecule has 8 heteroatoms. The van der Waals surface area contributed by atoms with Crippen molar-refractivity contribution < 1.29 is 14.2 Å². The molecule has 0 bridgehead atoms. The first-order valence-corrected chi connectivity index (χ1v) is 11.3. The molecule has 0 saturated carbocycles. The Hall–Kier alpha value is -3.15. The minimum Gasteiger partial charge on any atom is -0.453 e. The first-order chi connectivity index (χ1) is 15.7. The summed E-state index contributed by atoms with van der Waals surface area (Å²) in [7, 11) is 0. The lowest BCUT2D eigenvalue weighted by Crippen LogP contribution is -2.24. The monoisotopic (exact) mass is 435 g/mol. The SMILES string of the molecule is CCc1nn(CCOC2CCCCO2)c(CC)c1Oc1cc(C#N)cc(-n2cccn2)c1. The summed E-state index contributed by atoms with van der Waals surface area (Å²) in [6.45, 7) is 6.09. The maximum Gasteiger partial charge on any atom is 0.171 e. The maximum absolute atomic E-state index is 9.48. The summed E-state index contributed by atoms with van der Waals surface area (Å²) in [4.78, 5) is 0. The number of benzene rings is 1. The van der Waals surface area contributed by atoms with Gasteiger partial charge in [0.25, 0.3) is 0 Å². The van der Waals surface area contributed by atoms with Crippen molar-refractivity contribution >= 4 is 0 Å². The van der Waals surface area contributed by atoms with Gasteiger partial charge in [-0.25, -0.2) is 4.68 Å². The second kappa shape index (κ2) is 10.4. The highest BCUT2D eigenvalue weighted by atomic mass is 16.7. The average molecular weight is 436 g/mol. The van der Waals surface area contributed by atoms with E-state index in [1.54, 1.807) is 23.0 Å². The van der Waals surface area contributed by atoms with Crippen LogP contribution in [0.25, 0.3) is 5.69 Å². The van der Waals surface area contributed by atoms with Crippen LogP contribution in [0, 0.1) is 11.3 Å². The number of ether oxygens (including phenoxy) is 3. The van der Waals surface area contributed by atoms with Gasteiger partial charge in [-0.3, -0.25) is 4.68 Å². The fourth-order valence-corrected chi connectivity index (χ4v) is 3.90. The highest BCUT2D eigenvalue weighted by Gasteiger charge is 2.20. The van der Waals surface area contributed by atoms with E-state index in [1.165, 1.54) is 0 Å². The predicted molar refractivity (Wildman–Crippen MR) is 119 cm³/mol. The fourth-order valence-electron chi connectivity index (χ4n) is 3.90. The van der Waals surface area contributed by atoms with Crippen LogP contribution in [0.1, 0.15) is 50.1 Å². The highest BCUT2D eigenvalue weighted by Crippen LogP contribution is 2.32. The zero-order valence-electron chi connectivity index (χ0n) is 18.7. The highest BCUT2D eigenvalue weighted by molar-refractivity contribution is 5.49. The molecule has 3 heterocycles. The third-order valence-electron chi connectivity index (χ3n) is 5.50. The van der Waals surface area contributed by atoms with Crippen LogP contribution in [0.4, 0.5) is 0 Å². The van der Waals surface area contributed by atoms with Gasteiger partial charge in [0.05, 0.1) is 36.2 Å². The molecule has 1 aliphatic heterocycles. The van der Waals surface area contributed by atoms with Crippen LogP contribution in [0.3, 0.4) is 0 Å². The van der Waals surface area contributed by atoms with E-state index in [0.717, 1.165) is 61.5 Å². The molecule has 168 valence electrons. The van der Waals surface area contributed by atoms with Crippen LogP contribution in [-0.4, -0.2) is 39.1 Å². The van der Waals surface area contributed by atoms with Crippen molar-refractivity contribution in [3.8, 4) is 23.3 Å². The molecule has 2 aromatic heterocycles. The normalized spacial score (nSPS) is 16.1. The van der Waals surface area contributed by atoms with Gasteiger partial charge in [-0.05, 0) is 50.3 Å². The van der Waals surface area contributed by atoms with Crippen molar-refractivity contribution in [2.24, 2.45) is 0 Å². The summed E-state index contributed by atoms with van der Waals surface area (Å²) in [5.41, 5.74) is 3.18. The Labute approximate surface area is 188 Å². The Morgan fingerprint density at radius 1 is 1.22 bits per heavy atom. The van der Waals surface area contributed by atoms with E-state index in [9.17, 15) is 5.26 Å². The Balaban J connectivity index is 1.55. The number of hydrogen-bond donors (Lipinski definition) is 0. The summed E-state index contributed by atoms with van der Waals surface area (Å²) in [5.74, 6) is 1.34. The van der Waals surface area contributed by atoms with Gasteiger partial charge in [-0.2, -0.15) is 15.5 Å². The van der Waals surface area contributed by atoms with Crippen LogP contribution in [-0.2, 0) is 28.9 Å². The average Bonchev–Trinajstić information content (AvgIpc) is 3.48. The molecule has 32 heavy (non-hydrogen) atoms. The number of nitrogens with zero attached hydrogens (tertiary/aromatic N) is 5. The largest absolute Gasteiger partial charge is 0.453 e. The summed E-state index contributed by atoms with van der Waals surface area (Å²) in [6.07, 6.45) is 8.14. The minimum atomic E-state index is -0.111. The van der Waals surface area contributed by atoms with E-state index in [0.29, 0.717) is 24.5 Å². The van der Waals surface area contributed by atoms with Crippen molar-refractivity contribution in [2.45, 2.75) is 58.8 Å². The van der Waals surface area contributed by atoms with Gasteiger partial charge in [0, 0.05) is 25.1 Å². The minimum absolute atomic E-state index is 0.111. The first kappa shape index (κ1) is 22.1. The second-order valence-corrected chi connectivity index (χ2v) is 7.70. The zero-order valence-corrected chi connectivity index (χ0v) is 18.7. The molecule has 0 radical (unpaired) electrons. The number of nitriles is 1. The van der Waals surface area contributed by atoms with Crippen LogP contribution < -0.4 is 4.74 Å². The molecule has 0 amide bonds. The van der Waals surface area contributed by atoms with Crippen LogP contribution in [0.15, 0.2) is 36.7 Å². The molecule has 1 unspecified atom stereocenters. The van der Waals surface area contributed by atoms with Crippen LogP contribution in [0.2, 0.25) is 0 Å². The van der Waals surface area contributed by atoms with E-state index in [4.69, 9.17) is 19.3 Å². The third kappa shape index (κ3) is 5.01. The van der Waals surface area contributed by atoms with E-state index < -0.39 is 0 Å². The predicted octanol–water partition coefficient (Wildman–Crippen LogP) is 4.40. The van der Waals surface area contributed by atoms with Crippen molar-refractivity contribution in [3.05, 3.63) is 53.6 Å². The lowest BCUT2D eigenvalue weighted by Gasteiger charge is -2.22. The Morgan fingerprint density at radius 2 is 2.12 bits per heavy atom. The molecule has 3 aromatic rings. The summed E-state index contributed by atoms with van der Waals surface area (Å²) >= 11 is 0. The lowest BCUT2D eigenvalue weighted by atomic mass is 10.2. The lowest BCUT2D eigenvalue weighted by molar-refractivity contribution is -0.163. The molecule has 1 aliphatic rings. The standard InChI is InChI=1S/C24H29N5O3/c1-3-21-24(22(4-2)29(27-21)11-13-31-23-8-5-6-12-30-23)32-20-15-18(17-25)14-19(16-20)28-10-7-9-26-28/h7,9-10,14-16,23H,3-6,8,11-13H2,1-2H3. The van der Waals surface area contributed by atoms with E-state index >= 15 is 0 Å². The Morgan fingerprint density at radius 3 is 2.81 bits per heavy atom. The summed E-state index contributed by atoms with van der Waals surface area (Å²) < 4.78 is 21.6. The van der Waals surface area contributed by atoms with Crippen LogP contribution >= 0.6 is 0 Å². The molecule has 1 saturated heterocycles. The fraction of sp³-hybridized carbons (Fsp3) is 0.458. The molecule has 8 nitrogen and oxygen atoms in total. The quantitative estimate of drug-likeness (QED) is 0.495. The number of aryl methyl sites for hydroxylation is 1. The first-order valence-electron chi connectivity index (χ1n) is 11.3. The van der Waals surface area contributed by atoms with E-state index in [2.05, 4.69) is 25.0 Å². The number of rotatable bonds is 9. The molecule has 1 fully saturated rings. The molecule has 1 atom stereocenters. The van der Waals surface area contributed by atoms with E-state index in [1.807, 2.05) is 23.0 Å². The molecule has 0 aliphatic carbocycles. The van der Waals surface area contributed by atoms with Gasteiger partial charge >= 0.3 is 0 Å². The molecule has 1 aromatic carbocycles. The van der Waals surface area contributed by atoms with Crippen molar-refractivity contribution in [2.75, 3.05) is 13.2 Å². The molecule has 4 rings (SSSR count). The maximum atomic E-state index is 9.48. The van der Waals surface area contributed by atoms with Crippen molar-refractivity contribution in [3.63, 3.8) is 0 Å². The van der Waals surface area contributed by atoms with Gasteiger partial charge in [0.1, 0.15) is 11.4 Å². The van der Waals surface area contributed by atoms with Crippen molar-refractivity contribution in [1.82, 2.24) is 19.6 Å². The second-order valence-electron chi connectivity index (χ2n) is 7.70. The zero-order chi connectivity index (χ0) is 22.3. The van der Waals surface area contributed by atoms with Gasteiger partial charge < -0.3 is 14.2 Å². The smallest absolute Gasteiger partial charge is 0.171 e. The number of hydrogen-bond acceptors (Lipinski definition) is 6. The molecule has 0 N–H and O–H groups in total. The molecule has 0 spiro atoms.